The fourth-order valence-corrected chi connectivity index (χ4v) is 4.62. The molecule has 2 fully saturated rings. The summed E-state index contributed by atoms with van der Waals surface area (Å²) in [6.07, 6.45) is 3.10. The van der Waals surface area contributed by atoms with Gasteiger partial charge in [0.2, 0.25) is 5.91 Å². The summed E-state index contributed by atoms with van der Waals surface area (Å²) in [4.78, 5) is 45.3. The summed E-state index contributed by atoms with van der Waals surface area (Å²) < 4.78 is 27.2. The van der Waals surface area contributed by atoms with Gasteiger partial charge >= 0.3 is 0 Å². The van der Waals surface area contributed by atoms with E-state index in [1.54, 1.807) is 6.92 Å². The number of aryl methyl sites for hydroxylation is 1. The Morgan fingerprint density at radius 3 is 2.63 bits per heavy atom. The van der Waals surface area contributed by atoms with Crippen LogP contribution in [0.1, 0.15) is 48.4 Å². The standard InChI is InChI=1S/C21H22F2N4O3/c1-12-24-17(10-18(28)25-12)19(29)26-15-3-2-4-21(11-15)5-6-27(20(21)30)16-8-13(22)7-14(23)9-16/h7-10,15H,2-6,11H2,1H3,(H,26,29)(H,24,25,28)/t15?,21-/m1/s1. The van der Waals surface area contributed by atoms with E-state index in [9.17, 15) is 23.2 Å². The maximum absolute atomic E-state index is 13.6. The van der Waals surface area contributed by atoms with Crippen LogP contribution in [0.3, 0.4) is 0 Å². The minimum Gasteiger partial charge on any atom is -0.348 e. The molecule has 30 heavy (non-hydrogen) atoms. The van der Waals surface area contributed by atoms with E-state index in [2.05, 4.69) is 15.3 Å². The number of carbonyl (C=O) groups is 2. The highest BCUT2D eigenvalue weighted by Gasteiger charge is 2.49. The van der Waals surface area contributed by atoms with Crippen LogP contribution in [0.25, 0.3) is 0 Å². The number of halogens is 2. The maximum atomic E-state index is 13.6. The molecule has 1 saturated heterocycles. The molecular weight excluding hydrogens is 394 g/mol. The molecule has 2 amide bonds. The molecule has 158 valence electrons. The van der Waals surface area contributed by atoms with E-state index in [0.717, 1.165) is 30.7 Å². The van der Waals surface area contributed by atoms with Gasteiger partial charge in [-0.3, -0.25) is 14.4 Å². The molecule has 2 aromatic rings. The third kappa shape index (κ3) is 3.83. The number of hydrogen-bond acceptors (Lipinski definition) is 4. The third-order valence-corrected chi connectivity index (χ3v) is 5.94. The number of rotatable bonds is 3. The van der Waals surface area contributed by atoms with Crippen molar-refractivity contribution in [2.75, 3.05) is 11.4 Å². The van der Waals surface area contributed by atoms with Crippen LogP contribution >= 0.6 is 0 Å². The fraction of sp³-hybridized carbons (Fsp3) is 0.429. The maximum Gasteiger partial charge on any atom is 0.270 e. The van der Waals surface area contributed by atoms with Crippen molar-refractivity contribution in [2.24, 2.45) is 5.41 Å². The summed E-state index contributed by atoms with van der Waals surface area (Å²) in [5.74, 6) is -1.74. The summed E-state index contributed by atoms with van der Waals surface area (Å²) in [7, 11) is 0. The molecule has 9 heteroatoms. The van der Waals surface area contributed by atoms with Crippen LogP contribution in [-0.2, 0) is 4.79 Å². The number of aromatic nitrogens is 2. The number of carbonyl (C=O) groups excluding carboxylic acids is 2. The Labute approximate surface area is 171 Å². The first-order valence-corrected chi connectivity index (χ1v) is 9.93. The third-order valence-electron chi connectivity index (χ3n) is 5.94. The predicted molar refractivity (Wildman–Crippen MR) is 105 cm³/mol. The number of hydrogen-bond donors (Lipinski definition) is 2. The first-order chi connectivity index (χ1) is 14.3. The number of nitrogens with zero attached hydrogens (tertiary/aromatic N) is 2. The molecule has 7 nitrogen and oxygen atoms in total. The average Bonchev–Trinajstić information content (AvgIpc) is 2.96. The molecule has 0 bridgehead atoms. The van der Waals surface area contributed by atoms with Gasteiger partial charge < -0.3 is 15.2 Å². The van der Waals surface area contributed by atoms with Crippen LogP contribution < -0.4 is 15.8 Å². The molecule has 1 aromatic heterocycles. The van der Waals surface area contributed by atoms with Crippen LogP contribution in [0.15, 0.2) is 29.1 Å². The minimum absolute atomic E-state index is 0.0329. The molecule has 1 saturated carbocycles. The van der Waals surface area contributed by atoms with Crippen LogP contribution in [-0.4, -0.2) is 34.4 Å². The lowest BCUT2D eigenvalue weighted by Crippen LogP contribution is -2.46. The van der Waals surface area contributed by atoms with Crippen LogP contribution in [0.2, 0.25) is 0 Å². The Hall–Kier alpha value is -3.10. The first kappa shape index (κ1) is 20.2. The van der Waals surface area contributed by atoms with Gasteiger partial charge in [-0.05, 0) is 44.7 Å². The van der Waals surface area contributed by atoms with E-state index in [1.165, 1.54) is 4.90 Å². The first-order valence-electron chi connectivity index (χ1n) is 9.93. The molecule has 0 radical (unpaired) electrons. The molecule has 2 aliphatic rings. The van der Waals surface area contributed by atoms with Crippen LogP contribution in [0.4, 0.5) is 14.5 Å². The Morgan fingerprint density at radius 2 is 1.93 bits per heavy atom. The van der Waals surface area contributed by atoms with Gasteiger partial charge in [0.15, 0.2) is 0 Å². The zero-order valence-corrected chi connectivity index (χ0v) is 16.5. The molecule has 2 N–H and O–H groups in total. The molecule has 1 spiro atoms. The van der Waals surface area contributed by atoms with Crippen molar-refractivity contribution in [3.05, 3.63) is 57.8 Å². The number of H-pyrrole nitrogens is 1. The second-order valence-corrected chi connectivity index (χ2v) is 8.10. The Morgan fingerprint density at radius 1 is 1.20 bits per heavy atom. The molecular formula is C21H22F2N4O3. The van der Waals surface area contributed by atoms with E-state index < -0.39 is 28.5 Å². The van der Waals surface area contributed by atoms with Gasteiger partial charge in [-0.25, -0.2) is 13.8 Å². The Kier molecular flexibility index (Phi) is 5.13. The molecule has 2 heterocycles. The lowest BCUT2D eigenvalue weighted by molar-refractivity contribution is -0.127. The highest BCUT2D eigenvalue weighted by molar-refractivity contribution is 6.00. The smallest absolute Gasteiger partial charge is 0.270 e. The predicted octanol–water partition coefficient (Wildman–Crippen LogP) is 2.45. The minimum atomic E-state index is -0.729. The topological polar surface area (TPSA) is 95.2 Å². The summed E-state index contributed by atoms with van der Waals surface area (Å²) >= 11 is 0. The fourth-order valence-electron chi connectivity index (χ4n) is 4.62. The molecule has 4 rings (SSSR count). The van der Waals surface area contributed by atoms with Gasteiger partial charge in [-0.2, -0.15) is 0 Å². The largest absolute Gasteiger partial charge is 0.348 e. The van der Waals surface area contributed by atoms with Gasteiger partial charge in [0.05, 0.1) is 5.41 Å². The average molecular weight is 416 g/mol. The van der Waals surface area contributed by atoms with Crippen molar-refractivity contribution >= 4 is 17.5 Å². The number of anilines is 1. The van der Waals surface area contributed by atoms with Crippen molar-refractivity contribution in [3.8, 4) is 0 Å². The summed E-state index contributed by atoms with van der Waals surface area (Å²) in [5.41, 5.74) is -0.831. The van der Waals surface area contributed by atoms with Crippen LogP contribution in [0.5, 0.6) is 0 Å². The van der Waals surface area contributed by atoms with Crippen molar-refractivity contribution < 1.29 is 18.4 Å². The lowest BCUT2D eigenvalue weighted by Gasteiger charge is -2.36. The number of aromatic amines is 1. The zero-order chi connectivity index (χ0) is 21.5. The second-order valence-electron chi connectivity index (χ2n) is 8.10. The Bertz CT molecular complexity index is 1050. The monoisotopic (exact) mass is 416 g/mol. The summed E-state index contributed by atoms with van der Waals surface area (Å²) in [5, 5.41) is 2.89. The quantitative estimate of drug-likeness (QED) is 0.804. The molecule has 1 aliphatic heterocycles. The highest BCUT2D eigenvalue weighted by atomic mass is 19.1. The molecule has 1 aromatic carbocycles. The van der Waals surface area contributed by atoms with E-state index in [-0.39, 0.29) is 23.3 Å². The lowest BCUT2D eigenvalue weighted by atomic mass is 9.71. The molecule has 1 aliphatic carbocycles. The summed E-state index contributed by atoms with van der Waals surface area (Å²) in [6.45, 7) is 1.96. The highest BCUT2D eigenvalue weighted by Crippen LogP contribution is 2.46. The van der Waals surface area contributed by atoms with Crippen molar-refractivity contribution in [2.45, 2.75) is 45.1 Å². The van der Waals surface area contributed by atoms with Crippen molar-refractivity contribution in [1.82, 2.24) is 15.3 Å². The SMILES string of the molecule is Cc1nc(C(=O)NC2CCC[C@@]3(CCN(c4cc(F)cc(F)c4)C3=O)C2)cc(=O)[nH]1. The number of amides is 2. The number of nitrogens with one attached hydrogen (secondary N) is 2. The van der Waals surface area contributed by atoms with Crippen molar-refractivity contribution in [3.63, 3.8) is 0 Å². The molecule has 1 unspecified atom stereocenters. The van der Waals surface area contributed by atoms with Gasteiger partial charge in [-0.15, -0.1) is 0 Å². The van der Waals surface area contributed by atoms with E-state index in [0.29, 0.717) is 38.1 Å². The van der Waals surface area contributed by atoms with E-state index in [1.807, 2.05) is 0 Å². The van der Waals surface area contributed by atoms with Crippen LogP contribution in [0, 0.1) is 24.0 Å². The Balaban J connectivity index is 1.50. The van der Waals surface area contributed by atoms with Crippen molar-refractivity contribution in [1.29, 1.82) is 0 Å². The van der Waals surface area contributed by atoms with Gasteiger partial charge in [0.25, 0.3) is 11.5 Å². The molecule has 2 atom stereocenters. The summed E-state index contributed by atoms with van der Waals surface area (Å²) in [6, 6.07) is 3.98. The zero-order valence-electron chi connectivity index (χ0n) is 16.5. The van der Waals surface area contributed by atoms with Gasteiger partial charge in [-0.1, -0.05) is 6.42 Å². The van der Waals surface area contributed by atoms with Gasteiger partial charge in [0, 0.05) is 30.4 Å². The number of benzene rings is 1. The van der Waals surface area contributed by atoms with E-state index >= 15 is 0 Å². The van der Waals surface area contributed by atoms with E-state index in [4.69, 9.17) is 0 Å². The normalized spacial score (nSPS) is 23.8. The second kappa shape index (κ2) is 7.62. The van der Waals surface area contributed by atoms with Gasteiger partial charge in [0.1, 0.15) is 23.2 Å².